The maximum absolute atomic E-state index is 5.50. The molecule has 2 rings (SSSR count). The van der Waals surface area contributed by atoms with E-state index >= 15 is 0 Å². The Kier molecular flexibility index (Phi) is 2.73. The topological polar surface area (TPSA) is 63.8 Å². The molecule has 15 heavy (non-hydrogen) atoms. The van der Waals surface area contributed by atoms with Crippen LogP contribution >= 0.6 is 0 Å². The zero-order chi connectivity index (χ0) is 10.7. The summed E-state index contributed by atoms with van der Waals surface area (Å²) < 4.78 is 5.50. The van der Waals surface area contributed by atoms with Crippen LogP contribution in [-0.4, -0.2) is 22.2 Å². The molecule has 0 saturated carbocycles. The van der Waals surface area contributed by atoms with Gasteiger partial charge in [0.2, 0.25) is 11.8 Å². The van der Waals surface area contributed by atoms with E-state index in [4.69, 9.17) is 4.42 Å². The van der Waals surface area contributed by atoms with Gasteiger partial charge in [0, 0.05) is 12.4 Å². The van der Waals surface area contributed by atoms with Gasteiger partial charge in [-0.2, -0.15) is 0 Å². The molecule has 0 aliphatic carbocycles. The summed E-state index contributed by atoms with van der Waals surface area (Å²) in [7, 11) is 1.85. The van der Waals surface area contributed by atoms with Crippen molar-refractivity contribution >= 4 is 0 Å². The molecule has 1 N–H and O–H groups in total. The molecule has 2 heterocycles. The van der Waals surface area contributed by atoms with Crippen LogP contribution < -0.4 is 5.32 Å². The lowest BCUT2D eigenvalue weighted by Crippen LogP contribution is -2.12. The minimum absolute atomic E-state index is 0.0583. The van der Waals surface area contributed by atoms with Gasteiger partial charge in [-0.1, -0.05) is 0 Å². The predicted molar refractivity (Wildman–Crippen MR) is 55.0 cm³/mol. The lowest BCUT2D eigenvalue weighted by atomic mass is 10.3. The predicted octanol–water partition coefficient (Wildman–Crippen LogP) is 1.41. The normalized spacial score (nSPS) is 12.7. The Morgan fingerprint density at radius 2 is 2.27 bits per heavy atom. The molecule has 0 aromatic carbocycles. The summed E-state index contributed by atoms with van der Waals surface area (Å²) >= 11 is 0. The average molecular weight is 204 g/mol. The highest BCUT2D eigenvalue weighted by molar-refractivity contribution is 5.49. The van der Waals surface area contributed by atoms with Gasteiger partial charge in [0.05, 0.1) is 11.6 Å². The monoisotopic (exact) mass is 204 g/mol. The lowest BCUT2D eigenvalue weighted by Gasteiger charge is -2.02. The van der Waals surface area contributed by atoms with Crippen molar-refractivity contribution in [2.24, 2.45) is 0 Å². The fraction of sp³-hybridized carbons (Fsp3) is 0.300. The Morgan fingerprint density at radius 1 is 1.40 bits per heavy atom. The molecule has 0 fully saturated rings. The number of aromatic nitrogens is 3. The molecule has 0 saturated heterocycles. The van der Waals surface area contributed by atoms with Crippen molar-refractivity contribution in [2.75, 3.05) is 7.05 Å². The Bertz CT molecular complexity index is 426. The molecule has 0 bridgehead atoms. The molecule has 1 atom stereocenters. The van der Waals surface area contributed by atoms with Crippen molar-refractivity contribution < 1.29 is 4.42 Å². The van der Waals surface area contributed by atoms with Gasteiger partial charge in [-0.3, -0.25) is 4.98 Å². The highest BCUT2D eigenvalue weighted by Crippen LogP contribution is 2.18. The number of pyridine rings is 1. The minimum Gasteiger partial charge on any atom is -0.419 e. The molecule has 5 nitrogen and oxygen atoms in total. The maximum Gasteiger partial charge on any atom is 0.249 e. The van der Waals surface area contributed by atoms with Gasteiger partial charge in [0.15, 0.2) is 0 Å². The van der Waals surface area contributed by atoms with Crippen LogP contribution in [0.25, 0.3) is 11.5 Å². The smallest absolute Gasteiger partial charge is 0.249 e. The number of rotatable bonds is 3. The SMILES string of the molecule is CNC(C)c1nnc(-c2cccnc2)o1. The second kappa shape index (κ2) is 4.18. The molecular formula is C10H12N4O. The van der Waals surface area contributed by atoms with Crippen molar-refractivity contribution in [3.63, 3.8) is 0 Å². The third-order valence-corrected chi connectivity index (χ3v) is 2.15. The maximum atomic E-state index is 5.50. The van der Waals surface area contributed by atoms with E-state index in [-0.39, 0.29) is 6.04 Å². The van der Waals surface area contributed by atoms with Gasteiger partial charge >= 0.3 is 0 Å². The first-order valence-corrected chi connectivity index (χ1v) is 4.72. The van der Waals surface area contributed by atoms with Gasteiger partial charge in [0.25, 0.3) is 0 Å². The molecule has 0 aliphatic heterocycles. The Balaban J connectivity index is 2.28. The second-order valence-electron chi connectivity index (χ2n) is 3.20. The van der Waals surface area contributed by atoms with Crippen molar-refractivity contribution in [2.45, 2.75) is 13.0 Å². The number of nitrogens with zero attached hydrogens (tertiary/aromatic N) is 3. The third-order valence-electron chi connectivity index (χ3n) is 2.15. The number of nitrogens with one attached hydrogen (secondary N) is 1. The second-order valence-corrected chi connectivity index (χ2v) is 3.20. The standard InChI is InChI=1S/C10H12N4O/c1-7(11-2)9-13-14-10(15-9)8-4-3-5-12-6-8/h3-7,11H,1-2H3. The molecule has 1 unspecified atom stereocenters. The summed E-state index contributed by atoms with van der Waals surface area (Å²) in [5.41, 5.74) is 0.833. The summed E-state index contributed by atoms with van der Waals surface area (Å²) in [4.78, 5) is 3.99. The van der Waals surface area contributed by atoms with E-state index in [2.05, 4.69) is 20.5 Å². The van der Waals surface area contributed by atoms with E-state index < -0.39 is 0 Å². The average Bonchev–Trinajstić information content (AvgIpc) is 2.78. The van der Waals surface area contributed by atoms with Crippen LogP contribution in [-0.2, 0) is 0 Å². The minimum atomic E-state index is 0.0583. The fourth-order valence-corrected chi connectivity index (χ4v) is 1.14. The van der Waals surface area contributed by atoms with Crippen LogP contribution in [0.4, 0.5) is 0 Å². The van der Waals surface area contributed by atoms with Crippen LogP contribution in [0.5, 0.6) is 0 Å². The van der Waals surface area contributed by atoms with E-state index in [0.29, 0.717) is 11.8 Å². The Hall–Kier alpha value is -1.75. The van der Waals surface area contributed by atoms with Crippen LogP contribution in [0, 0.1) is 0 Å². The molecule has 0 aliphatic rings. The van der Waals surface area contributed by atoms with Crippen LogP contribution in [0.15, 0.2) is 28.9 Å². The molecule has 0 spiro atoms. The molecule has 2 aromatic rings. The molecule has 78 valence electrons. The fourth-order valence-electron chi connectivity index (χ4n) is 1.14. The zero-order valence-corrected chi connectivity index (χ0v) is 8.64. The first-order valence-electron chi connectivity index (χ1n) is 4.72. The van der Waals surface area contributed by atoms with Crippen LogP contribution in [0.3, 0.4) is 0 Å². The van der Waals surface area contributed by atoms with Gasteiger partial charge in [-0.15, -0.1) is 10.2 Å². The van der Waals surface area contributed by atoms with E-state index in [1.807, 2.05) is 26.1 Å². The van der Waals surface area contributed by atoms with Crippen LogP contribution in [0.2, 0.25) is 0 Å². The van der Waals surface area contributed by atoms with E-state index in [1.54, 1.807) is 12.4 Å². The first-order chi connectivity index (χ1) is 7.31. The quantitative estimate of drug-likeness (QED) is 0.819. The third kappa shape index (κ3) is 2.02. The van der Waals surface area contributed by atoms with E-state index in [9.17, 15) is 0 Å². The zero-order valence-electron chi connectivity index (χ0n) is 8.64. The largest absolute Gasteiger partial charge is 0.419 e. The molecular weight excluding hydrogens is 192 g/mol. The Labute approximate surface area is 87.6 Å². The Morgan fingerprint density at radius 3 is 2.93 bits per heavy atom. The summed E-state index contributed by atoms with van der Waals surface area (Å²) in [6.45, 7) is 1.96. The van der Waals surface area contributed by atoms with Crippen LogP contribution in [0.1, 0.15) is 18.9 Å². The number of hydrogen-bond donors (Lipinski definition) is 1. The van der Waals surface area contributed by atoms with E-state index in [0.717, 1.165) is 5.56 Å². The van der Waals surface area contributed by atoms with Gasteiger partial charge in [-0.25, -0.2) is 0 Å². The summed E-state index contributed by atoms with van der Waals surface area (Å²) in [5, 5.41) is 10.9. The molecule has 2 aromatic heterocycles. The van der Waals surface area contributed by atoms with Gasteiger partial charge in [0.1, 0.15) is 0 Å². The summed E-state index contributed by atoms with van der Waals surface area (Å²) in [5.74, 6) is 1.08. The highest BCUT2D eigenvalue weighted by Gasteiger charge is 2.12. The molecule has 5 heteroatoms. The van der Waals surface area contributed by atoms with Crippen molar-refractivity contribution in [1.82, 2.24) is 20.5 Å². The van der Waals surface area contributed by atoms with Crippen molar-refractivity contribution in [3.8, 4) is 11.5 Å². The van der Waals surface area contributed by atoms with Gasteiger partial charge in [-0.05, 0) is 26.1 Å². The number of hydrogen-bond acceptors (Lipinski definition) is 5. The lowest BCUT2D eigenvalue weighted by molar-refractivity contribution is 0.441. The van der Waals surface area contributed by atoms with Crippen molar-refractivity contribution in [1.29, 1.82) is 0 Å². The van der Waals surface area contributed by atoms with E-state index in [1.165, 1.54) is 0 Å². The first kappa shape index (κ1) is 9.79. The summed E-state index contributed by atoms with van der Waals surface area (Å²) in [6, 6.07) is 3.78. The van der Waals surface area contributed by atoms with Gasteiger partial charge < -0.3 is 9.73 Å². The molecule has 0 amide bonds. The highest BCUT2D eigenvalue weighted by atomic mass is 16.4. The van der Waals surface area contributed by atoms with Crippen molar-refractivity contribution in [3.05, 3.63) is 30.4 Å². The summed E-state index contributed by atoms with van der Waals surface area (Å²) in [6.07, 6.45) is 3.40. The molecule has 0 radical (unpaired) electrons.